The van der Waals surface area contributed by atoms with Crippen molar-refractivity contribution in [1.29, 1.82) is 0 Å². The summed E-state index contributed by atoms with van der Waals surface area (Å²) in [5.41, 5.74) is 2.36. The summed E-state index contributed by atoms with van der Waals surface area (Å²) in [6.07, 6.45) is 0.0789. The van der Waals surface area contributed by atoms with E-state index in [1.807, 2.05) is 42.5 Å². The summed E-state index contributed by atoms with van der Waals surface area (Å²) >= 11 is 0. The number of fused-ring (bicyclic) bond motifs is 1. The van der Waals surface area contributed by atoms with Gasteiger partial charge in [-0.2, -0.15) is 0 Å². The zero-order valence-electron chi connectivity index (χ0n) is 17.1. The minimum Gasteiger partial charge on any atom is -0.493 e. The first kappa shape index (κ1) is 20.0. The van der Waals surface area contributed by atoms with E-state index in [0.717, 1.165) is 29.6 Å². The maximum absolute atomic E-state index is 12.4. The smallest absolute Gasteiger partial charge is 0.290 e. The van der Waals surface area contributed by atoms with Crippen LogP contribution in [-0.2, 0) is 16.0 Å². The van der Waals surface area contributed by atoms with Crippen molar-refractivity contribution in [2.24, 2.45) is 0 Å². The van der Waals surface area contributed by atoms with Crippen molar-refractivity contribution < 1.29 is 23.5 Å². The maximum atomic E-state index is 12.4. The summed E-state index contributed by atoms with van der Waals surface area (Å²) in [4.78, 5) is 26.4. The largest absolute Gasteiger partial charge is 0.493 e. The molecule has 1 aliphatic rings. The van der Waals surface area contributed by atoms with Gasteiger partial charge in [0.15, 0.2) is 11.5 Å². The number of hydrogen-bond donors (Lipinski definition) is 1. The van der Waals surface area contributed by atoms with Crippen LogP contribution >= 0.6 is 0 Å². The standard InChI is InChI=1S/C23H24N2O5/c1-28-20-6-4-16(13-22(20)29-2)21-14-17-11-15(3-5-19(17)30-21)12-18(26)23(27)25-9-7-24-8-10-25/h3-6,11,13-14,24H,7-10,12H2,1-2H3. The zero-order valence-corrected chi connectivity index (χ0v) is 17.1. The molecule has 3 aromatic rings. The third-order valence-corrected chi connectivity index (χ3v) is 5.26. The van der Waals surface area contributed by atoms with E-state index < -0.39 is 5.91 Å². The Balaban J connectivity index is 1.54. The maximum Gasteiger partial charge on any atom is 0.290 e. The van der Waals surface area contributed by atoms with Crippen LogP contribution in [0.3, 0.4) is 0 Å². The summed E-state index contributed by atoms with van der Waals surface area (Å²) in [6, 6.07) is 13.1. The second-order valence-electron chi connectivity index (χ2n) is 7.19. The molecular weight excluding hydrogens is 384 g/mol. The van der Waals surface area contributed by atoms with Gasteiger partial charge in [0.1, 0.15) is 11.3 Å². The SMILES string of the molecule is COc1ccc(-c2cc3cc(CC(=O)C(=O)N4CCNCC4)ccc3o2)cc1OC. The lowest BCUT2D eigenvalue weighted by molar-refractivity contribution is -0.144. The summed E-state index contributed by atoms with van der Waals surface area (Å²) in [5, 5.41) is 4.05. The Kier molecular flexibility index (Phi) is 5.72. The van der Waals surface area contributed by atoms with E-state index >= 15 is 0 Å². The summed E-state index contributed by atoms with van der Waals surface area (Å²) in [6.45, 7) is 2.58. The number of nitrogens with zero attached hydrogens (tertiary/aromatic N) is 1. The van der Waals surface area contributed by atoms with Crippen molar-refractivity contribution in [3.63, 3.8) is 0 Å². The van der Waals surface area contributed by atoms with E-state index in [9.17, 15) is 9.59 Å². The highest BCUT2D eigenvalue weighted by Crippen LogP contribution is 2.35. The summed E-state index contributed by atoms with van der Waals surface area (Å²) < 4.78 is 16.6. The van der Waals surface area contributed by atoms with Gasteiger partial charge < -0.3 is 24.1 Å². The molecule has 1 aromatic heterocycles. The van der Waals surface area contributed by atoms with Crippen LogP contribution in [-0.4, -0.2) is 57.0 Å². The van der Waals surface area contributed by atoms with Gasteiger partial charge in [0.05, 0.1) is 14.2 Å². The van der Waals surface area contributed by atoms with Gasteiger partial charge in [-0.3, -0.25) is 9.59 Å². The molecule has 0 spiro atoms. The van der Waals surface area contributed by atoms with Crippen LogP contribution in [0.4, 0.5) is 0 Å². The lowest BCUT2D eigenvalue weighted by Gasteiger charge is -2.26. The molecule has 1 saturated heterocycles. The molecule has 0 atom stereocenters. The van der Waals surface area contributed by atoms with Gasteiger partial charge in [0.2, 0.25) is 5.78 Å². The molecule has 156 valence electrons. The van der Waals surface area contributed by atoms with Gasteiger partial charge in [0, 0.05) is 43.5 Å². The Labute approximate surface area is 174 Å². The fourth-order valence-electron chi connectivity index (χ4n) is 3.64. The Morgan fingerprint density at radius 2 is 1.77 bits per heavy atom. The van der Waals surface area contributed by atoms with Crippen molar-refractivity contribution in [3.05, 3.63) is 48.0 Å². The van der Waals surface area contributed by atoms with Gasteiger partial charge in [-0.25, -0.2) is 0 Å². The average Bonchev–Trinajstić information content (AvgIpc) is 3.22. The van der Waals surface area contributed by atoms with Crippen LogP contribution in [0.15, 0.2) is 46.9 Å². The second kappa shape index (κ2) is 8.59. The van der Waals surface area contributed by atoms with Crippen LogP contribution in [0, 0.1) is 0 Å². The molecule has 4 rings (SSSR count). The number of carbonyl (C=O) groups is 2. The van der Waals surface area contributed by atoms with E-state index in [0.29, 0.717) is 35.9 Å². The van der Waals surface area contributed by atoms with Crippen LogP contribution in [0.5, 0.6) is 11.5 Å². The monoisotopic (exact) mass is 408 g/mol. The molecule has 0 bridgehead atoms. The minimum atomic E-state index is -0.408. The average molecular weight is 408 g/mol. The van der Waals surface area contributed by atoms with Gasteiger partial charge in [-0.15, -0.1) is 0 Å². The van der Waals surface area contributed by atoms with E-state index in [1.54, 1.807) is 19.1 Å². The number of amides is 1. The molecule has 2 aromatic carbocycles. The highest BCUT2D eigenvalue weighted by atomic mass is 16.5. The highest BCUT2D eigenvalue weighted by molar-refractivity contribution is 6.36. The van der Waals surface area contributed by atoms with Crippen LogP contribution in [0.25, 0.3) is 22.3 Å². The van der Waals surface area contributed by atoms with E-state index in [1.165, 1.54) is 0 Å². The van der Waals surface area contributed by atoms with Gasteiger partial charge >= 0.3 is 0 Å². The number of carbonyl (C=O) groups excluding carboxylic acids is 2. The van der Waals surface area contributed by atoms with Crippen molar-refractivity contribution >= 4 is 22.7 Å². The molecule has 30 heavy (non-hydrogen) atoms. The van der Waals surface area contributed by atoms with Crippen molar-refractivity contribution in [2.75, 3.05) is 40.4 Å². The first-order valence-corrected chi connectivity index (χ1v) is 9.86. The third-order valence-electron chi connectivity index (χ3n) is 5.26. The molecule has 1 N–H and O–H groups in total. The molecule has 2 heterocycles. The molecule has 0 aliphatic carbocycles. The molecule has 1 aliphatic heterocycles. The Morgan fingerprint density at radius 1 is 1.00 bits per heavy atom. The number of hydrogen-bond acceptors (Lipinski definition) is 6. The molecule has 1 amide bonds. The highest BCUT2D eigenvalue weighted by Gasteiger charge is 2.23. The predicted molar refractivity (Wildman–Crippen MR) is 113 cm³/mol. The van der Waals surface area contributed by atoms with E-state index in [-0.39, 0.29) is 12.2 Å². The fourth-order valence-corrected chi connectivity index (χ4v) is 3.64. The van der Waals surface area contributed by atoms with Gasteiger partial charge in [-0.05, 0) is 42.0 Å². The Hall–Kier alpha value is -3.32. The molecular formula is C23H24N2O5. The number of ketones is 1. The molecule has 0 saturated carbocycles. The van der Waals surface area contributed by atoms with E-state index in [2.05, 4.69) is 5.32 Å². The number of furan rings is 1. The van der Waals surface area contributed by atoms with Crippen molar-refractivity contribution in [3.8, 4) is 22.8 Å². The number of Topliss-reactive ketones (excluding diaryl/α,β-unsaturated/α-hetero) is 1. The minimum absolute atomic E-state index is 0.0789. The lowest BCUT2D eigenvalue weighted by atomic mass is 10.1. The normalized spacial score (nSPS) is 14.0. The zero-order chi connectivity index (χ0) is 21.1. The van der Waals surface area contributed by atoms with Crippen molar-refractivity contribution in [2.45, 2.75) is 6.42 Å². The third kappa shape index (κ3) is 4.02. The summed E-state index contributed by atoms with van der Waals surface area (Å²) in [7, 11) is 3.18. The number of methoxy groups -OCH3 is 2. The Morgan fingerprint density at radius 3 is 2.50 bits per heavy atom. The fraction of sp³-hybridized carbons (Fsp3) is 0.304. The van der Waals surface area contributed by atoms with Crippen LogP contribution in [0.2, 0.25) is 0 Å². The quantitative estimate of drug-likeness (QED) is 0.632. The number of rotatable bonds is 6. The molecule has 7 heteroatoms. The first-order chi connectivity index (χ1) is 14.6. The first-order valence-electron chi connectivity index (χ1n) is 9.86. The second-order valence-corrected chi connectivity index (χ2v) is 7.19. The molecule has 0 unspecified atom stereocenters. The van der Waals surface area contributed by atoms with Crippen LogP contribution in [0.1, 0.15) is 5.56 Å². The molecule has 7 nitrogen and oxygen atoms in total. The lowest BCUT2D eigenvalue weighted by Crippen LogP contribution is -2.49. The number of ether oxygens (including phenoxy) is 2. The molecule has 0 radical (unpaired) electrons. The number of nitrogens with one attached hydrogen (secondary N) is 1. The Bertz CT molecular complexity index is 1080. The predicted octanol–water partition coefficient (Wildman–Crippen LogP) is 2.66. The van der Waals surface area contributed by atoms with Crippen molar-refractivity contribution in [1.82, 2.24) is 10.2 Å². The molecule has 1 fully saturated rings. The number of piperazine rings is 1. The summed E-state index contributed by atoms with van der Waals surface area (Å²) in [5.74, 6) is 1.15. The topological polar surface area (TPSA) is 81.0 Å². The van der Waals surface area contributed by atoms with Gasteiger partial charge in [-0.1, -0.05) is 6.07 Å². The van der Waals surface area contributed by atoms with Gasteiger partial charge in [0.25, 0.3) is 5.91 Å². The van der Waals surface area contributed by atoms with E-state index in [4.69, 9.17) is 13.9 Å². The van der Waals surface area contributed by atoms with Crippen LogP contribution < -0.4 is 14.8 Å². The number of benzene rings is 2.